The van der Waals surface area contributed by atoms with Gasteiger partial charge in [-0.25, -0.2) is 13.4 Å². The molecule has 1 aromatic heterocycles. The molecule has 2 aliphatic heterocycles. The Bertz CT molecular complexity index is 1560. The maximum absolute atomic E-state index is 13.8. The summed E-state index contributed by atoms with van der Waals surface area (Å²) in [6, 6.07) is 22.2. The van der Waals surface area contributed by atoms with Gasteiger partial charge in [-0.1, -0.05) is 47.7 Å². The fourth-order valence-electron chi connectivity index (χ4n) is 5.29. The Morgan fingerprint density at radius 1 is 0.925 bits per heavy atom. The first-order valence-electron chi connectivity index (χ1n) is 13.6. The Morgan fingerprint density at radius 2 is 1.65 bits per heavy atom. The quantitative estimate of drug-likeness (QED) is 0.309. The van der Waals surface area contributed by atoms with Gasteiger partial charge in [-0.2, -0.15) is 4.31 Å². The summed E-state index contributed by atoms with van der Waals surface area (Å²) in [6.45, 7) is 5.44. The maximum atomic E-state index is 13.8. The first kappa shape index (κ1) is 27.0. The Balaban J connectivity index is 1.21. The topological polar surface area (TPSA) is 83.1 Å². The lowest BCUT2D eigenvalue weighted by molar-refractivity contribution is 0.0376. The van der Waals surface area contributed by atoms with Gasteiger partial charge in [-0.15, -0.1) is 0 Å². The highest BCUT2D eigenvalue weighted by Gasteiger charge is 2.29. The lowest BCUT2D eigenvalue weighted by atomic mass is 10.0. The van der Waals surface area contributed by atoms with E-state index in [4.69, 9.17) is 9.72 Å². The second-order valence-electron chi connectivity index (χ2n) is 10.1. The van der Waals surface area contributed by atoms with E-state index >= 15 is 0 Å². The van der Waals surface area contributed by atoms with Crippen molar-refractivity contribution in [2.45, 2.75) is 24.3 Å². The minimum absolute atomic E-state index is 0.183. The molecule has 10 heteroatoms. The van der Waals surface area contributed by atoms with Crippen LogP contribution >= 0.6 is 11.3 Å². The molecule has 0 bridgehead atoms. The number of anilines is 1. The average Bonchev–Trinajstić information content (AvgIpc) is 3.43. The van der Waals surface area contributed by atoms with Crippen molar-refractivity contribution in [2.24, 2.45) is 0 Å². The molecule has 0 spiro atoms. The summed E-state index contributed by atoms with van der Waals surface area (Å²) in [5.74, 6) is -0.183. The predicted octanol–water partition coefficient (Wildman–Crippen LogP) is 4.41. The van der Waals surface area contributed by atoms with E-state index < -0.39 is 10.0 Å². The number of ether oxygens (including phenoxy) is 1. The number of thiazole rings is 1. The van der Waals surface area contributed by atoms with Gasteiger partial charge in [-0.3, -0.25) is 14.6 Å². The van der Waals surface area contributed by atoms with Crippen LogP contribution in [0.2, 0.25) is 0 Å². The number of nitrogens with zero attached hydrogens (tertiary/aromatic N) is 4. The monoisotopic (exact) mass is 576 g/mol. The van der Waals surface area contributed by atoms with Crippen LogP contribution in [0.15, 0.2) is 77.7 Å². The van der Waals surface area contributed by atoms with E-state index in [9.17, 15) is 13.2 Å². The summed E-state index contributed by atoms with van der Waals surface area (Å²) in [5.41, 5.74) is 3.53. The lowest BCUT2D eigenvalue weighted by Crippen LogP contribution is -2.39. The van der Waals surface area contributed by atoms with Gasteiger partial charge >= 0.3 is 0 Å². The number of carbonyl (C=O) groups excluding carboxylic acids is 1. The van der Waals surface area contributed by atoms with Crippen LogP contribution in [0.3, 0.4) is 0 Å². The summed E-state index contributed by atoms with van der Waals surface area (Å²) in [4.78, 5) is 22.8. The van der Waals surface area contributed by atoms with E-state index in [0.29, 0.717) is 36.8 Å². The molecule has 0 unspecified atom stereocenters. The second kappa shape index (κ2) is 11.8. The van der Waals surface area contributed by atoms with Gasteiger partial charge in [0.15, 0.2) is 5.13 Å². The van der Waals surface area contributed by atoms with Crippen molar-refractivity contribution in [2.75, 3.05) is 50.8 Å². The Kier molecular flexibility index (Phi) is 7.95. The molecule has 40 heavy (non-hydrogen) atoms. The van der Waals surface area contributed by atoms with Gasteiger partial charge in [0, 0.05) is 44.8 Å². The summed E-state index contributed by atoms with van der Waals surface area (Å²) < 4.78 is 34.9. The van der Waals surface area contributed by atoms with E-state index in [1.807, 2.05) is 42.5 Å². The minimum Gasteiger partial charge on any atom is -0.379 e. The molecule has 208 valence electrons. The molecule has 3 aromatic carbocycles. The van der Waals surface area contributed by atoms with Gasteiger partial charge < -0.3 is 4.74 Å². The number of hydrogen-bond donors (Lipinski definition) is 0. The molecule has 2 aliphatic rings. The summed E-state index contributed by atoms with van der Waals surface area (Å²) >= 11 is 1.49. The standard InChI is InChI=1S/C30H32N4O4S2/c35-29(24-10-12-26(13-11-24)40(36,37)33-17-14-23-6-1-2-7-25(23)22-33)34(16-5-15-32-18-20-38-21-19-32)30-31-27-8-3-4-9-28(27)39-30/h1-4,6-13H,5,14-22H2. The summed E-state index contributed by atoms with van der Waals surface area (Å²) in [7, 11) is -3.68. The molecule has 8 nitrogen and oxygen atoms in total. The molecule has 3 heterocycles. The zero-order valence-electron chi connectivity index (χ0n) is 22.2. The fourth-order valence-corrected chi connectivity index (χ4v) is 7.69. The van der Waals surface area contributed by atoms with Crippen molar-refractivity contribution in [3.05, 3.63) is 89.5 Å². The molecular formula is C30H32N4O4S2. The predicted molar refractivity (Wildman–Crippen MR) is 157 cm³/mol. The first-order chi connectivity index (χ1) is 19.5. The Hall–Kier alpha value is -3.15. The molecule has 0 aliphatic carbocycles. The van der Waals surface area contributed by atoms with Gasteiger partial charge in [0.05, 0.1) is 28.3 Å². The molecule has 0 atom stereocenters. The van der Waals surface area contributed by atoms with Crippen LogP contribution in [0.5, 0.6) is 0 Å². The SMILES string of the molecule is O=C(c1ccc(S(=O)(=O)N2CCc3ccccc3C2)cc1)N(CCCN1CCOCC1)c1nc2ccccc2s1. The summed E-state index contributed by atoms with van der Waals surface area (Å²) in [6.07, 6.45) is 1.48. The number of rotatable bonds is 8. The number of benzene rings is 3. The highest BCUT2D eigenvalue weighted by Crippen LogP contribution is 2.30. The van der Waals surface area contributed by atoms with Crippen LogP contribution < -0.4 is 4.90 Å². The van der Waals surface area contributed by atoms with Crippen LogP contribution in [0, 0.1) is 0 Å². The molecular weight excluding hydrogens is 544 g/mol. The highest BCUT2D eigenvalue weighted by atomic mass is 32.2. The van der Waals surface area contributed by atoms with Crippen molar-refractivity contribution in [1.29, 1.82) is 0 Å². The van der Waals surface area contributed by atoms with E-state index in [-0.39, 0.29) is 10.8 Å². The smallest absolute Gasteiger partial charge is 0.260 e. The molecule has 1 amide bonds. The second-order valence-corrected chi connectivity index (χ2v) is 13.1. The van der Waals surface area contributed by atoms with Crippen molar-refractivity contribution in [3.63, 3.8) is 0 Å². The lowest BCUT2D eigenvalue weighted by Gasteiger charge is -2.28. The summed E-state index contributed by atoms with van der Waals surface area (Å²) in [5, 5.41) is 0.650. The van der Waals surface area contributed by atoms with Crippen LogP contribution in [0.25, 0.3) is 10.2 Å². The van der Waals surface area contributed by atoms with E-state index in [0.717, 1.165) is 55.0 Å². The van der Waals surface area contributed by atoms with Crippen LogP contribution in [-0.4, -0.2) is 74.5 Å². The first-order valence-corrected chi connectivity index (χ1v) is 15.9. The van der Waals surface area contributed by atoms with Crippen LogP contribution in [0.1, 0.15) is 27.9 Å². The third-order valence-corrected chi connectivity index (χ3v) is 10.5. The molecule has 4 aromatic rings. The van der Waals surface area contributed by atoms with Gasteiger partial charge in [0.1, 0.15) is 0 Å². The zero-order valence-corrected chi connectivity index (χ0v) is 23.9. The van der Waals surface area contributed by atoms with Crippen LogP contribution in [-0.2, 0) is 27.7 Å². The Labute approximate surface area is 238 Å². The molecule has 0 saturated carbocycles. The number of hydrogen-bond acceptors (Lipinski definition) is 7. The van der Waals surface area contributed by atoms with Crippen molar-refractivity contribution < 1.29 is 17.9 Å². The molecule has 1 saturated heterocycles. The van der Waals surface area contributed by atoms with E-state index in [2.05, 4.69) is 11.0 Å². The van der Waals surface area contributed by atoms with E-state index in [1.54, 1.807) is 29.2 Å². The average molecular weight is 577 g/mol. The number of carbonyl (C=O) groups is 1. The fraction of sp³-hybridized carbons (Fsp3) is 0.333. The Morgan fingerprint density at radius 3 is 2.42 bits per heavy atom. The third-order valence-electron chi connectivity index (χ3n) is 7.55. The van der Waals surface area contributed by atoms with Crippen molar-refractivity contribution in [3.8, 4) is 0 Å². The number of fused-ring (bicyclic) bond motifs is 2. The third kappa shape index (κ3) is 5.68. The van der Waals surface area contributed by atoms with Crippen molar-refractivity contribution >= 4 is 42.6 Å². The van der Waals surface area contributed by atoms with E-state index in [1.165, 1.54) is 21.2 Å². The highest BCUT2D eigenvalue weighted by molar-refractivity contribution is 7.89. The molecule has 1 fully saturated rings. The number of amides is 1. The maximum Gasteiger partial charge on any atom is 0.260 e. The van der Waals surface area contributed by atoms with Gasteiger partial charge in [0.25, 0.3) is 5.91 Å². The molecule has 0 radical (unpaired) electrons. The molecule has 6 rings (SSSR count). The van der Waals surface area contributed by atoms with Crippen molar-refractivity contribution in [1.82, 2.24) is 14.2 Å². The number of para-hydroxylation sites is 1. The van der Waals surface area contributed by atoms with Crippen LogP contribution in [0.4, 0.5) is 5.13 Å². The number of morpholine rings is 1. The van der Waals surface area contributed by atoms with Gasteiger partial charge in [0.2, 0.25) is 10.0 Å². The molecule has 0 N–H and O–H groups in total. The largest absolute Gasteiger partial charge is 0.379 e. The normalized spacial score (nSPS) is 16.6. The number of aromatic nitrogens is 1. The minimum atomic E-state index is -3.68. The zero-order chi connectivity index (χ0) is 27.5. The number of sulfonamides is 1. The van der Waals surface area contributed by atoms with Gasteiger partial charge in [-0.05, 0) is 60.4 Å².